The van der Waals surface area contributed by atoms with Crippen molar-refractivity contribution < 1.29 is 13.9 Å². The number of halogens is 1. The molecule has 1 N–H and O–H groups in total. The van der Waals surface area contributed by atoms with Crippen LogP contribution in [0.3, 0.4) is 0 Å². The summed E-state index contributed by atoms with van der Waals surface area (Å²) < 4.78 is 25.8. The van der Waals surface area contributed by atoms with Gasteiger partial charge < -0.3 is 14.8 Å². The van der Waals surface area contributed by atoms with Crippen LogP contribution in [-0.2, 0) is 13.2 Å². The van der Waals surface area contributed by atoms with Crippen LogP contribution in [0.5, 0.6) is 11.5 Å². The number of likely N-dealkylation sites (N-methyl/N-ethyl adjacent to an activating group) is 1. The Morgan fingerprint density at radius 3 is 2.68 bits per heavy atom. The topological polar surface area (TPSA) is 33.7 Å². The van der Waals surface area contributed by atoms with Crippen molar-refractivity contribution in [2.24, 2.45) is 0 Å². The zero-order valence-corrected chi connectivity index (χ0v) is 16.9. The van der Waals surface area contributed by atoms with Gasteiger partial charge in [0.15, 0.2) is 11.5 Å². The highest BCUT2D eigenvalue weighted by atomic mass is 19.1. The Labute approximate surface area is 167 Å². The maximum absolute atomic E-state index is 14.0. The molecule has 1 aliphatic rings. The quantitative estimate of drug-likeness (QED) is 0.657. The molecule has 1 heterocycles. The minimum absolute atomic E-state index is 0.177. The maximum Gasteiger partial charge on any atom is 0.166 e. The third-order valence-corrected chi connectivity index (χ3v) is 5.29. The lowest BCUT2D eigenvalue weighted by molar-refractivity contribution is 0.255. The zero-order valence-electron chi connectivity index (χ0n) is 16.9. The first kappa shape index (κ1) is 20.6. The Kier molecular flexibility index (Phi) is 7.69. The molecule has 0 aromatic heterocycles. The van der Waals surface area contributed by atoms with Gasteiger partial charge in [-0.2, -0.15) is 0 Å². The van der Waals surface area contributed by atoms with Crippen molar-refractivity contribution >= 4 is 0 Å². The van der Waals surface area contributed by atoms with E-state index in [-0.39, 0.29) is 12.4 Å². The number of benzene rings is 2. The summed E-state index contributed by atoms with van der Waals surface area (Å²) in [7, 11) is 0. The average molecular weight is 387 g/mol. The Balaban J connectivity index is 1.67. The fourth-order valence-corrected chi connectivity index (χ4v) is 3.81. The molecule has 5 heteroatoms. The minimum Gasteiger partial charge on any atom is -0.490 e. The van der Waals surface area contributed by atoms with Gasteiger partial charge in [0.2, 0.25) is 0 Å². The second-order valence-corrected chi connectivity index (χ2v) is 7.11. The summed E-state index contributed by atoms with van der Waals surface area (Å²) in [5, 5.41) is 3.58. The van der Waals surface area contributed by atoms with Gasteiger partial charge in [-0.3, -0.25) is 4.90 Å². The predicted octanol–water partition coefficient (Wildman–Crippen LogP) is 4.38. The molecule has 28 heavy (non-hydrogen) atoms. The number of hydrogen-bond donors (Lipinski definition) is 1. The van der Waals surface area contributed by atoms with Gasteiger partial charge in [0.1, 0.15) is 12.4 Å². The van der Waals surface area contributed by atoms with Crippen LogP contribution >= 0.6 is 0 Å². The third kappa shape index (κ3) is 5.24. The summed E-state index contributed by atoms with van der Waals surface area (Å²) in [4.78, 5) is 2.53. The van der Waals surface area contributed by atoms with E-state index in [1.54, 1.807) is 12.1 Å². The first-order valence-corrected chi connectivity index (χ1v) is 10.3. The molecule has 0 saturated carbocycles. The highest BCUT2D eigenvalue weighted by molar-refractivity contribution is 5.46. The monoisotopic (exact) mass is 386 g/mol. The molecule has 2 aromatic carbocycles. The Hall–Kier alpha value is -2.11. The van der Waals surface area contributed by atoms with Crippen LogP contribution in [0.25, 0.3) is 0 Å². The lowest BCUT2D eigenvalue weighted by atomic mass is 10.1. The molecule has 1 fully saturated rings. The van der Waals surface area contributed by atoms with Crippen LogP contribution in [-0.4, -0.2) is 37.2 Å². The molecule has 2 aromatic rings. The van der Waals surface area contributed by atoms with E-state index < -0.39 is 0 Å². The van der Waals surface area contributed by atoms with E-state index in [4.69, 9.17) is 9.47 Å². The van der Waals surface area contributed by atoms with Gasteiger partial charge in [0, 0.05) is 30.3 Å². The molecular weight excluding hydrogens is 355 g/mol. The van der Waals surface area contributed by atoms with Crippen molar-refractivity contribution in [3.63, 3.8) is 0 Å². The van der Waals surface area contributed by atoms with Crippen molar-refractivity contribution in [1.29, 1.82) is 0 Å². The number of nitrogens with one attached hydrogen (secondary N) is 1. The van der Waals surface area contributed by atoms with E-state index in [0.717, 1.165) is 18.7 Å². The van der Waals surface area contributed by atoms with Crippen molar-refractivity contribution in [1.82, 2.24) is 10.2 Å². The van der Waals surface area contributed by atoms with Gasteiger partial charge in [0.25, 0.3) is 0 Å². The molecule has 152 valence electrons. The second-order valence-electron chi connectivity index (χ2n) is 7.11. The smallest absolute Gasteiger partial charge is 0.166 e. The van der Waals surface area contributed by atoms with Gasteiger partial charge in [0.05, 0.1) is 6.61 Å². The minimum atomic E-state index is -0.253. The van der Waals surface area contributed by atoms with Gasteiger partial charge >= 0.3 is 0 Å². The normalized spacial score (nSPS) is 17.0. The van der Waals surface area contributed by atoms with Gasteiger partial charge in [-0.1, -0.05) is 37.3 Å². The lowest BCUT2D eigenvalue weighted by Gasteiger charge is -2.23. The molecule has 0 amide bonds. The zero-order chi connectivity index (χ0) is 19.8. The molecule has 1 aliphatic heterocycles. The maximum atomic E-state index is 14.0. The number of para-hydroxylation sites is 1. The van der Waals surface area contributed by atoms with Crippen molar-refractivity contribution in [2.45, 2.75) is 45.9 Å². The molecule has 0 aliphatic carbocycles. The number of rotatable bonds is 10. The van der Waals surface area contributed by atoms with E-state index in [1.165, 1.54) is 25.5 Å². The highest BCUT2D eigenvalue weighted by Gasteiger charge is 2.22. The first-order valence-electron chi connectivity index (χ1n) is 10.3. The van der Waals surface area contributed by atoms with Crippen LogP contribution < -0.4 is 14.8 Å². The molecule has 0 unspecified atom stereocenters. The largest absolute Gasteiger partial charge is 0.490 e. The van der Waals surface area contributed by atoms with E-state index >= 15 is 0 Å². The fraction of sp³-hybridized carbons (Fsp3) is 0.478. The van der Waals surface area contributed by atoms with Crippen LogP contribution in [0.1, 0.15) is 37.8 Å². The molecule has 1 saturated heterocycles. The van der Waals surface area contributed by atoms with Crippen LogP contribution in [0.2, 0.25) is 0 Å². The van der Waals surface area contributed by atoms with E-state index in [0.29, 0.717) is 36.3 Å². The number of likely N-dealkylation sites (tertiary alicyclic amines) is 1. The molecular formula is C23H31FN2O2. The Bertz CT molecular complexity index is 753. The van der Waals surface area contributed by atoms with Crippen LogP contribution in [0.15, 0.2) is 42.5 Å². The summed E-state index contributed by atoms with van der Waals surface area (Å²) >= 11 is 0. The second kappa shape index (κ2) is 10.4. The Morgan fingerprint density at radius 1 is 1.07 bits per heavy atom. The van der Waals surface area contributed by atoms with Crippen molar-refractivity contribution in [3.05, 3.63) is 59.4 Å². The molecule has 4 nitrogen and oxygen atoms in total. The summed E-state index contributed by atoms with van der Waals surface area (Å²) in [5.74, 6) is 1.14. The van der Waals surface area contributed by atoms with E-state index in [9.17, 15) is 4.39 Å². The Morgan fingerprint density at radius 2 is 1.89 bits per heavy atom. The fourth-order valence-electron chi connectivity index (χ4n) is 3.81. The number of ether oxygens (including phenoxy) is 2. The van der Waals surface area contributed by atoms with E-state index in [2.05, 4.69) is 17.1 Å². The lowest BCUT2D eigenvalue weighted by Crippen LogP contribution is -2.37. The van der Waals surface area contributed by atoms with E-state index in [1.807, 2.05) is 31.2 Å². The molecule has 3 rings (SSSR count). The summed E-state index contributed by atoms with van der Waals surface area (Å²) in [5.41, 5.74) is 1.57. The van der Waals surface area contributed by atoms with Crippen molar-refractivity contribution in [3.8, 4) is 11.5 Å². The van der Waals surface area contributed by atoms with Gasteiger partial charge in [-0.15, -0.1) is 0 Å². The predicted molar refractivity (Wildman–Crippen MR) is 110 cm³/mol. The van der Waals surface area contributed by atoms with Gasteiger partial charge in [-0.25, -0.2) is 4.39 Å². The first-order chi connectivity index (χ1) is 13.7. The summed E-state index contributed by atoms with van der Waals surface area (Å²) in [6.45, 7) is 8.85. The molecule has 0 bridgehead atoms. The molecule has 1 atom stereocenters. The average Bonchev–Trinajstić information content (AvgIpc) is 3.16. The molecule has 0 radical (unpaired) electrons. The summed E-state index contributed by atoms with van der Waals surface area (Å²) in [6, 6.07) is 13.2. The SMILES string of the molecule is CCOc1cccc(CNC[C@@H]2CCCN2CC)c1OCc1ccccc1F. The summed E-state index contributed by atoms with van der Waals surface area (Å²) in [6.07, 6.45) is 2.52. The van der Waals surface area contributed by atoms with Crippen LogP contribution in [0.4, 0.5) is 4.39 Å². The molecule has 0 spiro atoms. The standard InChI is InChI=1S/C23H31FN2O2/c1-3-26-14-8-11-20(26)16-25-15-18-10-7-13-22(27-4-2)23(18)28-17-19-9-5-6-12-21(19)24/h5-7,9-10,12-13,20,25H,3-4,8,11,14-17H2,1-2H3/t20-/m0/s1. The van der Waals surface area contributed by atoms with Gasteiger partial charge in [-0.05, 0) is 45.0 Å². The number of hydrogen-bond acceptors (Lipinski definition) is 4. The third-order valence-electron chi connectivity index (χ3n) is 5.29. The highest BCUT2D eigenvalue weighted by Crippen LogP contribution is 2.32. The number of nitrogens with zero attached hydrogens (tertiary/aromatic N) is 1. The van der Waals surface area contributed by atoms with Crippen molar-refractivity contribution in [2.75, 3.05) is 26.2 Å². The van der Waals surface area contributed by atoms with Crippen LogP contribution in [0, 0.1) is 5.82 Å².